The van der Waals surface area contributed by atoms with Crippen LogP contribution < -0.4 is 24.4 Å². The number of ether oxygens (including phenoxy) is 4. The number of hydrogen-bond donors (Lipinski definition) is 1. The van der Waals surface area contributed by atoms with Gasteiger partial charge in [0.25, 0.3) is 5.91 Å². The van der Waals surface area contributed by atoms with E-state index in [-0.39, 0.29) is 12.4 Å². The first-order valence-corrected chi connectivity index (χ1v) is 10.1. The van der Waals surface area contributed by atoms with Gasteiger partial charge in [-0.3, -0.25) is 4.79 Å². The van der Waals surface area contributed by atoms with E-state index in [2.05, 4.69) is 10.5 Å². The molecular formula is C24H21ClN2O6. The van der Waals surface area contributed by atoms with Crippen LogP contribution in [-0.2, 0) is 4.79 Å². The van der Waals surface area contributed by atoms with Crippen LogP contribution in [0.15, 0.2) is 71.8 Å². The number of amides is 1. The number of hydrogen-bond acceptors (Lipinski definition) is 7. The van der Waals surface area contributed by atoms with Crippen molar-refractivity contribution in [1.29, 1.82) is 0 Å². The Hall–Kier alpha value is -4.04. The molecule has 0 saturated heterocycles. The van der Waals surface area contributed by atoms with Gasteiger partial charge >= 0.3 is 5.97 Å². The van der Waals surface area contributed by atoms with Crippen LogP contribution in [0.2, 0.25) is 5.02 Å². The van der Waals surface area contributed by atoms with Gasteiger partial charge in [0.1, 0.15) is 11.5 Å². The molecule has 0 fully saturated rings. The zero-order valence-electron chi connectivity index (χ0n) is 17.9. The van der Waals surface area contributed by atoms with Crippen molar-refractivity contribution in [1.82, 2.24) is 5.43 Å². The Morgan fingerprint density at radius 1 is 0.939 bits per heavy atom. The van der Waals surface area contributed by atoms with Crippen LogP contribution in [-0.4, -0.2) is 38.9 Å². The van der Waals surface area contributed by atoms with Crippen molar-refractivity contribution in [3.05, 3.63) is 82.9 Å². The molecule has 0 unspecified atom stereocenters. The van der Waals surface area contributed by atoms with E-state index in [1.54, 1.807) is 73.8 Å². The number of methoxy groups -OCH3 is 2. The van der Waals surface area contributed by atoms with Gasteiger partial charge in [-0.15, -0.1) is 0 Å². The lowest BCUT2D eigenvalue weighted by Crippen LogP contribution is -2.24. The molecule has 0 aromatic heterocycles. The molecule has 8 nitrogen and oxygen atoms in total. The molecule has 9 heteroatoms. The Bertz CT molecular complexity index is 1150. The van der Waals surface area contributed by atoms with Crippen LogP contribution in [0.1, 0.15) is 15.9 Å². The van der Waals surface area contributed by atoms with Gasteiger partial charge in [-0.1, -0.05) is 23.7 Å². The number of para-hydroxylation sites is 1. The summed E-state index contributed by atoms with van der Waals surface area (Å²) in [6.45, 7) is -0.245. The molecule has 33 heavy (non-hydrogen) atoms. The highest BCUT2D eigenvalue weighted by Gasteiger charge is 2.13. The van der Waals surface area contributed by atoms with E-state index >= 15 is 0 Å². The SMILES string of the molecule is COc1ccc(C(=O)Oc2ccc(C=NNC(=O)COc3ccccc3Cl)cc2OC)cc1. The smallest absolute Gasteiger partial charge is 0.343 e. The molecule has 0 bridgehead atoms. The molecule has 0 aliphatic heterocycles. The second-order valence-corrected chi connectivity index (χ2v) is 6.95. The Morgan fingerprint density at radius 2 is 1.70 bits per heavy atom. The first-order chi connectivity index (χ1) is 16.0. The molecule has 1 amide bonds. The summed E-state index contributed by atoms with van der Waals surface area (Å²) in [6, 6.07) is 18.2. The van der Waals surface area contributed by atoms with Crippen molar-refractivity contribution in [2.45, 2.75) is 0 Å². The summed E-state index contributed by atoms with van der Waals surface area (Å²) >= 11 is 5.98. The van der Waals surface area contributed by atoms with Crippen molar-refractivity contribution >= 4 is 29.7 Å². The summed E-state index contributed by atoms with van der Waals surface area (Å²) < 4.78 is 21.2. The highest BCUT2D eigenvalue weighted by atomic mass is 35.5. The van der Waals surface area contributed by atoms with Gasteiger partial charge in [0, 0.05) is 0 Å². The summed E-state index contributed by atoms with van der Waals surface area (Å²) in [5.41, 5.74) is 3.34. The Balaban J connectivity index is 1.57. The van der Waals surface area contributed by atoms with Gasteiger partial charge in [-0.2, -0.15) is 5.10 Å². The molecule has 170 valence electrons. The topological polar surface area (TPSA) is 95.5 Å². The Morgan fingerprint density at radius 3 is 2.39 bits per heavy atom. The molecular weight excluding hydrogens is 448 g/mol. The minimum Gasteiger partial charge on any atom is -0.497 e. The minimum absolute atomic E-state index is 0.243. The zero-order chi connectivity index (χ0) is 23.6. The first-order valence-electron chi connectivity index (χ1n) is 9.73. The molecule has 0 aliphatic carbocycles. The largest absolute Gasteiger partial charge is 0.497 e. The highest BCUT2D eigenvalue weighted by Crippen LogP contribution is 2.28. The monoisotopic (exact) mass is 468 g/mol. The summed E-state index contributed by atoms with van der Waals surface area (Å²) in [5, 5.41) is 4.30. The van der Waals surface area contributed by atoms with E-state index in [0.717, 1.165) is 0 Å². The van der Waals surface area contributed by atoms with Crippen molar-refractivity contribution < 1.29 is 28.5 Å². The van der Waals surface area contributed by atoms with Gasteiger partial charge < -0.3 is 18.9 Å². The van der Waals surface area contributed by atoms with E-state index in [9.17, 15) is 9.59 Å². The number of hydrazone groups is 1. The number of rotatable bonds is 9. The molecule has 0 spiro atoms. The Labute approximate surface area is 195 Å². The van der Waals surface area contributed by atoms with Crippen LogP contribution in [0.3, 0.4) is 0 Å². The molecule has 3 aromatic carbocycles. The molecule has 0 heterocycles. The molecule has 3 rings (SSSR count). The number of nitrogens with one attached hydrogen (secondary N) is 1. The second-order valence-electron chi connectivity index (χ2n) is 6.54. The van der Waals surface area contributed by atoms with E-state index in [4.69, 9.17) is 30.5 Å². The van der Waals surface area contributed by atoms with Gasteiger partial charge in [0.15, 0.2) is 18.1 Å². The molecule has 0 saturated carbocycles. The van der Waals surface area contributed by atoms with Crippen LogP contribution in [0.5, 0.6) is 23.0 Å². The fourth-order valence-electron chi connectivity index (χ4n) is 2.65. The molecule has 0 atom stereocenters. The predicted octanol–water partition coefficient (Wildman–Crippen LogP) is 4.11. The summed E-state index contributed by atoms with van der Waals surface area (Å²) in [7, 11) is 3.00. The second kappa shape index (κ2) is 11.5. The standard InChI is InChI=1S/C24H21ClN2O6/c1-30-18-10-8-17(9-11-18)24(29)33-21-12-7-16(13-22(21)31-2)14-26-27-23(28)15-32-20-6-4-3-5-19(20)25/h3-14H,15H2,1-2H3,(H,27,28). The third-order valence-corrected chi connectivity index (χ3v) is 4.63. The lowest BCUT2D eigenvalue weighted by Gasteiger charge is -2.10. The normalized spacial score (nSPS) is 10.5. The Kier molecular flexibility index (Phi) is 8.26. The van der Waals surface area contributed by atoms with Crippen LogP contribution in [0.4, 0.5) is 0 Å². The van der Waals surface area contributed by atoms with Gasteiger partial charge in [0.05, 0.1) is 31.0 Å². The number of esters is 1. The van der Waals surface area contributed by atoms with Crippen molar-refractivity contribution in [3.8, 4) is 23.0 Å². The number of halogens is 1. The fourth-order valence-corrected chi connectivity index (χ4v) is 2.84. The molecule has 1 N–H and O–H groups in total. The van der Waals surface area contributed by atoms with Crippen LogP contribution in [0, 0.1) is 0 Å². The number of benzene rings is 3. The number of nitrogens with zero attached hydrogens (tertiary/aromatic N) is 1. The summed E-state index contributed by atoms with van der Waals surface area (Å²) in [6.07, 6.45) is 1.42. The van der Waals surface area contributed by atoms with Crippen LogP contribution >= 0.6 is 11.6 Å². The lowest BCUT2D eigenvalue weighted by atomic mass is 10.2. The third-order valence-electron chi connectivity index (χ3n) is 4.31. The van der Waals surface area contributed by atoms with Crippen LogP contribution in [0.25, 0.3) is 0 Å². The maximum atomic E-state index is 12.4. The van der Waals surface area contributed by atoms with Crippen molar-refractivity contribution in [3.63, 3.8) is 0 Å². The maximum absolute atomic E-state index is 12.4. The van der Waals surface area contributed by atoms with E-state index in [1.165, 1.54) is 13.3 Å². The third kappa shape index (κ3) is 6.72. The van der Waals surface area contributed by atoms with Crippen molar-refractivity contribution in [2.24, 2.45) is 5.10 Å². The van der Waals surface area contributed by atoms with E-state index in [0.29, 0.717) is 33.4 Å². The van der Waals surface area contributed by atoms with Gasteiger partial charge in [0.2, 0.25) is 0 Å². The molecule has 3 aromatic rings. The summed E-state index contributed by atoms with van der Waals surface area (Å²) in [5.74, 6) is 0.617. The van der Waals surface area contributed by atoms with Gasteiger partial charge in [-0.05, 0) is 60.2 Å². The summed E-state index contributed by atoms with van der Waals surface area (Å²) in [4.78, 5) is 24.3. The quantitative estimate of drug-likeness (QED) is 0.220. The average molecular weight is 469 g/mol. The van der Waals surface area contributed by atoms with E-state index < -0.39 is 11.9 Å². The number of carbonyl (C=O) groups excluding carboxylic acids is 2. The molecule has 0 radical (unpaired) electrons. The van der Waals surface area contributed by atoms with E-state index in [1.807, 2.05) is 0 Å². The highest BCUT2D eigenvalue weighted by molar-refractivity contribution is 6.32. The lowest BCUT2D eigenvalue weighted by molar-refractivity contribution is -0.123. The first kappa shape index (κ1) is 23.6. The average Bonchev–Trinajstić information content (AvgIpc) is 2.84. The maximum Gasteiger partial charge on any atom is 0.343 e. The zero-order valence-corrected chi connectivity index (χ0v) is 18.7. The predicted molar refractivity (Wildman–Crippen MR) is 124 cm³/mol. The fraction of sp³-hybridized carbons (Fsp3) is 0.125. The number of carbonyl (C=O) groups is 2. The van der Waals surface area contributed by atoms with Gasteiger partial charge in [-0.25, -0.2) is 10.2 Å². The molecule has 0 aliphatic rings. The minimum atomic E-state index is -0.539. The van der Waals surface area contributed by atoms with Crippen molar-refractivity contribution in [2.75, 3.05) is 20.8 Å².